The first-order valence-corrected chi connectivity index (χ1v) is 11.4. The van der Waals surface area contributed by atoms with Crippen molar-refractivity contribution in [1.82, 2.24) is 10.2 Å². The van der Waals surface area contributed by atoms with Crippen LogP contribution in [0.3, 0.4) is 0 Å². The van der Waals surface area contributed by atoms with Gasteiger partial charge in [0, 0.05) is 32.1 Å². The van der Waals surface area contributed by atoms with Crippen molar-refractivity contribution in [2.75, 3.05) is 38.6 Å². The first kappa shape index (κ1) is 26.3. The topological polar surface area (TPSA) is 96.7 Å². The monoisotopic (exact) mass is 494 g/mol. The Morgan fingerprint density at radius 1 is 1.17 bits per heavy atom. The predicted molar refractivity (Wildman–Crippen MR) is 125 cm³/mol. The Morgan fingerprint density at radius 2 is 1.86 bits per heavy atom. The first-order chi connectivity index (χ1) is 16.7. The van der Waals surface area contributed by atoms with Gasteiger partial charge in [0.1, 0.15) is 11.4 Å². The summed E-state index contributed by atoms with van der Waals surface area (Å²) in [6.45, 7) is 3.36. The molecular formula is C24H29F3N4O4. The number of benzene rings is 2. The second kappa shape index (κ2) is 11.9. The Balaban J connectivity index is 1.37. The number of carbonyl (C=O) groups is 1. The van der Waals surface area contributed by atoms with Crippen LogP contribution in [0, 0.1) is 16.0 Å². The third-order valence-corrected chi connectivity index (χ3v) is 6.05. The molecular weight excluding hydrogens is 465 g/mol. The number of methoxy groups -OCH3 is 1. The van der Waals surface area contributed by atoms with Gasteiger partial charge in [-0.15, -0.1) is 0 Å². The van der Waals surface area contributed by atoms with E-state index in [2.05, 4.69) is 27.7 Å². The summed E-state index contributed by atoms with van der Waals surface area (Å²) in [5.74, 6) is 0.985. The number of nitrogens with one attached hydrogen (secondary N) is 2. The van der Waals surface area contributed by atoms with Crippen molar-refractivity contribution in [2.24, 2.45) is 5.92 Å². The number of halogens is 3. The largest absolute Gasteiger partial charge is 0.497 e. The fraction of sp³-hybridized carbons (Fsp3) is 0.458. The molecule has 1 heterocycles. The number of anilines is 1. The van der Waals surface area contributed by atoms with E-state index in [1.165, 1.54) is 5.56 Å². The Kier molecular flexibility index (Phi) is 8.91. The maximum absolute atomic E-state index is 12.8. The Hall–Kier alpha value is -3.34. The minimum atomic E-state index is -4.67. The second-order valence-electron chi connectivity index (χ2n) is 8.54. The lowest BCUT2D eigenvalue weighted by atomic mass is 9.96. The van der Waals surface area contributed by atoms with E-state index in [1.54, 1.807) is 7.11 Å². The summed E-state index contributed by atoms with van der Waals surface area (Å²) in [7, 11) is 1.64. The van der Waals surface area contributed by atoms with Gasteiger partial charge in [-0.05, 0) is 61.7 Å². The molecule has 0 bridgehead atoms. The van der Waals surface area contributed by atoms with Gasteiger partial charge < -0.3 is 15.4 Å². The zero-order chi connectivity index (χ0) is 25.4. The van der Waals surface area contributed by atoms with E-state index in [0.29, 0.717) is 18.5 Å². The molecule has 2 aromatic rings. The molecule has 35 heavy (non-hydrogen) atoms. The minimum Gasteiger partial charge on any atom is -0.497 e. The molecule has 1 fully saturated rings. The highest BCUT2D eigenvalue weighted by molar-refractivity contribution is 5.76. The van der Waals surface area contributed by atoms with Crippen LogP contribution < -0.4 is 15.4 Å². The number of rotatable bonds is 10. The van der Waals surface area contributed by atoms with Gasteiger partial charge in [-0.1, -0.05) is 12.1 Å². The van der Waals surface area contributed by atoms with Crippen molar-refractivity contribution in [2.45, 2.75) is 32.0 Å². The normalized spacial score (nSPS) is 15.0. The molecule has 0 atom stereocenters. The van der Waals surface area contributed by atoms with E-state index >= 15 is 0 Å². The average Bonchev–Trinajstić information content (AvgIpc) is 2.83. The van der Waals surface area contributed by atoms with E-state index in [0.717, 1.165) is 50.4 Å². The third kappa shape index (κ3) is 7.84. The lowest BCUT2D eigenvalue weighted by Crippen LogP contribution is -2.38. The zero-order valence-electron chi connectivity index (χ0n) is 19.4. The number of nitro benzene ring substituents is 1. The number of hydrogen-bond donors (Lipinski definition) is 2. The fourth-order valence-corrected chi connectivity index (χ4v) is 4.00. The second-order valence-corrected chi connectivity index (χ2v) is 8.54. The van der Waals surface area contributed by atoms with Crippen molar-refractivity contribution in [3.05, 3.63) is 63.7 Å². The molecule has 11 heteroatoms. The number of likely N-dealkylation sites (tertiary alicyclic amines) is 1. The quantitative estimate of drug-likeness (QED) is 0.374. The van der Waals surface area contributed by atoms with Crippen molar-refractivity contribution in [1.29, 1.82) is 0 Å². The molecule has 1 aliphatic heterocycles. The van der Waals surface area contributed by atoms with Crippen LogP contribution in [0.15, 0.2) is 42.5 Å². The molecule has 0 unspecified atom stereocenters. The van der Waals surface area contributed by atoms with Crippen LogP contribution >= 0.6 is 0 Å². The smallest absolute Gasteiger partial charge is 0.416 e. The van der Waals surface area contributed by atoms with Gasteiger partial charge in [0.25, 0.3) is 5.69 Å². The van der Waals surface area contributed by atoms with Gasteiger partial charge in [-0.25, -0.2) is 0 Å². The van der Waals surface area contributed by atoms with Crippen LogP contribution in [0.2, 0.25) is 0 Å². The first-order valence-electron chi connectivity index (χ1n) is 11.4. The van der Waals surface area contributed by atoms with Crippen LogP contribution in [0.4, 0.5) is 24.5 Å². The van der Waals surface area contributed by atoms with E-state index < -0.39 is 22.4 Å². The number of piperidine rings is 1. The van der Waals surface area contributed by atoms with Crippen molar-refractivity contribution < 1.29 is 27.6 Å². The Bertz CT molecular complexity index is 1010. The van der Waals surface area contributed by atoms with E-state index in [4.69, 9.17) is 4.74 Å². The highest BCUT2D eigenvalue weighted by Gasteiger charge is 2.33. The summed E-state index contributed by atoms with van der Waals surface area (Å²) >= 11 is 0. The number of nitrogens with zero attached hydrogens (tertiary/aromatic N) is 2. The number of carbonyl (C=O) groups excluding carboxylic acids is 1. The van der Waals surface area contributed by atoms with Crippen LogP contribution in [0.5, 0.6) is 5.75 Å². The Morgan fingerprint density at radius 3 is 2.46 bits per heavy atom. The molecule has 1 amide bonds. The fourth-order valence-electron chi connectivity index (χ4n) is 4.00. The Labute approximate surface area is 201 Å². The van der Waals surface area contributed by atoms with Crippen LogP contribution in [0.1, 0.15) is 30.4 Å². The van der Waals surface area contributed by atoms with Gasteiger partial charge in [0.2, 0.25) is 5.91 Å². The highest BCUT2D eigenvalue weighted by Crippen LogP contribution is 2.34. The third-order valence-electron chi connectivity index (χ3n) is 6.05. The van der Waals surface area contributed by atoms with Crippen LogP contribution in [0.25, 0.3) is 0 Å². The van der Waals surface area contributed by atoms with Crippen molar-refractivity contribution in [3.63, 3.8) is 0 Å². The zero-order valence-corrected chi connectivity index (χ0v) is 19.4. The molecule has 0 spiro atoms. The summed E-state index contributed by atoms with van der Waals surface area (Å²) < 4.78 is 43.6. The molecule has 1 aliphatic rings. The number of amides is 1. The summed E-state index contributed by atoms with van der Waals surface area (Å²) in [4.78, 5) is 24.8. The maximum atomic E-state index is 12.8. The molecule has 0 saturated carbocycles. The van der Waals surface area contributed by atoms with Gasteiger partial charge in [-0.2, -0.15) is 13.2 Å². The SMILES string of the molecule is COc1ccc(CN2CCC(CNC(=O)CCNc3ccc(C(F)(F)F)cc3[N+](=O)[O-])CC2)cc1. The van der Waals surface area contributed by atoms with Gasteiger partial charge in [0.05, 0.1) is 17.6 Å². The average molecular weight is 495 g/mol. The number of alkyl halides is 3. The highest BCUT2D eigenvalue weighted by atomic mass is 19.4. The summed E-state index contributed by atoms with van der Waals surface area (Å²) in [6.07, 6.45) is -2.69. The van der Waals surface area contributed by atoms with Crippen LogP contribution in [-0.2, 0) is 17.5 Å². The summed E-state index contributed by atoms with van der Waals surface area (Å²) in [6, 6.07) is 10.3. The molecule has 2 aromatic carbocycles. The standard InChI is InChI=1S/C24H29F3N4O4/c1-35-20-5-2-18(3-6-20)16-30-12-9-17(10-13-30)15-29-23(32)8-11-28-21-7-4-19(24(25,26)27)14-22(21)31(33)34/h2-7,14,17,28H,8-13,15-16H2,1H3,(H,29,32). The van der Waals surface area contributed by atoms with E-state index in [1.807, 2.05) is 12.1 Å². The summed E-state index contributed by atoms with van der Waals surface area (Å²) in [5.41, 5.74) is -0.609. The van der Waals surface area contributed by atoms with Gasteiger partial charge in [-0.3, -0.25) is 19.8 Å². The molecule has 0 radical (unpaired) electrons. The van der Waals surface area contributed by atoms with Gasteiger partial charge in [0.15, 0.2) is 0 Å². The number of ether oxygens (including phenoxy) is 1. The molecule has 0 aliphatic carbocycles. The van der Waals surface area contributed by atoms with Crippen LogP contribution in [-0.4, -0.2) is 49.0 Å². The minimum absolute atomic E-state index is 0.0501. The molecule has 0 aromatic heterocycles. The van der Waals surface area contributed by atoms with Gasteiger partial charge >= 0.3 is 6.18 Å². The number of nitro groups is 1. The van der Waals surface area contributed by atoms with E-state index in [-0.39, 0.29) is 24.6 Å². The number of hydrogen-bond acceptors (Lipinski definition) is 6. The molecule has 8 nitrogen and oxygen atoms in total. The molecule has 2 N–H and O–H groups in total. The maximum Gasteiger partial charge on any atom is 0.416 e. The lowest BCUT2D eigenvalue weighted by molar-refractivity contribution is -0.384. The van der Waals surface area contributed by atoms with Crippen molar-refractivity contribution >= 4 is 17.3 Å². The lowest BCUT2D eigenvalue weighted by Gasteiger charge is -2.32. The molecule has 3 rings (SSSR count). The van der Waals surface area contributed by atoms with E-state index in [9.17, 15) is 28.1 Å². The summed E-state index contributed by atoms with van der Waals surface area (Å²) in [5, 5.41) is 16.7. The predicted octanol–water partition coefficient (Wildman–Crippen LogP) is 4.45. The molecule has 190 valence electrons. The van der Waals surface area contributed by atoms with Crippen molar-refractivity contribution in [3.8, 4) is 5.75 Å². The molecule has 1 saturated heterocycles.